The second kappa shape index (κ2) is 5.59. The van der Waals surface area contributed by atoms with Gasteiger partial charge in [-0.2, -0.15) is 5.26 Å². The topological polar surface area (TPSA) is 70.3 Å². The molecule has 0 saturated carbocycles. The Labute approximate surface area is 118 Å². The Hall–Kier alpha value is -2.58. The van der Waals surface area contributed by atoms with Gasteiger partial charge in [-0.05, 0) is 30.3 Å². The predicted octanol–water partition coefficient (Wildman–Crippen LogP) is 3.84. The van der Waals surface area contributed by atoms with Crippen LogP contribution in [0.25, 0.3) is 0 Å². The highest BCUT2D eigenvalue weighted by Crippen LogP contribution is 2.30. The maximum absolute atomic E-state index is 13.1. The van der Waals surface area contributed by atoms with E-state index >= 15 is 0 Å². The number of halogens is 2. The Morgan fingerprint density at radius 3 is 2.65 bits per heavy atom. The molecule has 0 unspecified atom stereocenters. The number of ether oxygens (including phenoxy) is 1. The quantitative estimate of drug-likeness (QED) is 0.932. The van der Waals surface area contributed by atoms with Gasteiger partial charge in [0.25, 0.3) is 0 Å². The van der Waals surface area contributed by atoms with Crippen LogP contribution in [0.1, 0.15) is 15.9 Å². The Kier molecular flexibility index (Phi) is 3.87. The molecule has 0 amide bonds. The summed E-state index contributed by atoms with van der Waals surface area (Å²) in [6.07, 6.45) is 0. The zero-order valence-corrected chi connectivity index (χ0v) is 10.7. The lowest BCUT2D eigenvalue weighted by Crippen LogP contribution is -2.01. The van der Waals surface area contributed by atoms with E-state index in [-0.39, 0.29) is 22.6 Å². The minimum Gasteiger partial charge on any atom is -0.478 e. The van der Waals surface area contributed by atoms with Crippen LogP contribution < -0.4 is 4.74 Å². The molecule has 0 heterocycles. The molecule has 0 spiro atoms. The van der Waals surface area contributed by atoms with Crippen molar-refractivity contribution >= 4 is 17.6 Å². The van der Waals surface area contributed by atoms with E-state index in [1.807, 2.05) is 6.07 Å². The highest BCUT2D eigenvalue weighted by atomic mass is 35.5. The number of nitriles is 1. The molecule has 0 aliphatic heterocycles. The molecule has 2 aromatic rings. The van der Waals surface area contributed by atoms with Crippen molar-refractivity contribution in [2.24, 2.45) is 0 Å². The molecule has 0 aliphatic carbocycles. The van der Waals surface area contributed by atoms with Crippen LogP contribution in [0.5, 0.6) is 11.5 Å². The van der Waals surface area contributed by atoms with E-state index in [4.69, 9.17) is 26.7 Å². The van der Waals surface area contributed by atoms with Crippen LogP contribution in [0.15, 0.2) is 36.4 Å². The molecular weight excluding hydrogens is 285 g/mol. The van der Waals surface area contributed by atoms with Gasteiger partial charge in [-0.25, -0.2) is 9.18 Å². The van der Waals surface area contributed by atoms with Crippen molar-refractivity contribution in [3.05, 3.63) is 58.4 Å². The standard InChI is InChI=1S/C14H7ClFNO3/c15-9-2-1-8(7-17)13(5-9)20-12-4-3-10(16)6-11(12)14(18)19/h1-6H,(H,18,19). The lowest BCUT2D eigenvalue weighted by molar-refractivity contribution is 0.0693. The summed E-state index contributed by atoms with van der Waals surface area (Å²) in [5.41, 5.74) is -0.149. The third kappa shape index (κ3) is 2.87. The van der Waals surface area contributed by atoms with Gasteiger partial charge in [0.15, 0.2) is 0 Å². The van der Waals surface area contributed by atoms with Crippen molar-refractivity contribution in [3.63, 3.8) is 0 Å². The molecule has 4 nitrogen and oxygen atoms in total. The summed E-state index contributed by atoms with van der Waals surface area (Å²) in [4.78, 5) is 11.0. The number of carbonyl (C=O) groups is 1. The number of hydrogen-bond acceptors (Lipinski definition) is 3. The zero-order chi connectivity index (χ0) is 14.7. The molecule has 100 valence electrons. The molecule has 0 bridgehead atoms. The summed E-state index contributed by atoms with van der Waals surface area (Å²) in [6.45, 7) is 0. The van der Waals surface area contributed by atoms with Crippen LogP contribution in [-0.4, -0.2) is 11.1 Å². The molecule has 0 aliphatic rings. The summed E-state index contributed by atoms with van der Waals surface area (Å²) in [5, 5.41) is 18.3. The molecule has 0 saturated heterocycles. The first-order valence-electron chi connectivity index (χ1n) is 5.41. The highest BCUT2D eigenvalue weighted by Gasteiger charge is 2.15. The van der Waals surface area contributed by atoms with Crippen LogP contribution in [0.2, 0.25) is 5.02 Å². The van der Waals surface area contributed by atoms with Crippen molar-refractivity contribution in [1.29, 1.82) is 5.26 Å². The van der Waals surface area contributed by atoms with Crippen molar-refractivity contribution in [2.75, 3.05) is 0 Å². The largest absolute Gasteiger partial charge is 0.478 e. The zero-order valence-electron chi connectivity index (χ0n) is 9.93. The number of carboxylic acid groups (broad SMARTS) is 1. The third-order valence-corrected chi connectivity index (χ3v) is 2.69. The number of hydrogen-bond donors (Lipinski definition) is 1. The second-order valence-electron chi connectivity index (χ2n) is 3.80. The fraction of sp³-hybridized carbons (Fsp3) is 0. The van der Waals surface area contributed by atoms with Gasteiger partial charge in [0, 0.05) is 11.1 Å². The Bertz CT molecular complexity index is 725. The SMILES string of the molecule is N#Cc1ccc(Cl)cc1Oc1ccc(F)cc1C(=O)O. The van der Waals surface area contributed by atoms with Gasteiger partial charge in [-0.1, -0.05) is 11.6 Å². The van der Waals surface area contributed by atoms with Gasteiger partial charge >= 0.3 is 5.97 Å². The van der Waals surface area contributed by atoms with Gasteiger partial charge in [-0.3, -0.25) is 0 Å². The first-order chi connectivity index (χ1) is 9.51. The summed E-state index contributed by atoms with van der Waals surface area (Å²) in [6, 6.07) is 9.33. The van der Waals surface area contributed by atoms with Gasteiger partial charge in [0.1, 0.15) is 28.9 Å². The van der Waals surface area contributed by atoms with E-state index in [0.717, 1.165) is 12.1 Å². The van der Waals surface area contributed by atoms with E-state index in [1.165, 1.54) is 24.3 Å². The first-order valence-corrected chi connectivity index (χ1v) is 5.79. The van der Waals surface area contributed by atoms with Crippen molar-refractivity contribution in [1.82, 2.24) is 0 Å². The fourth-order valence-electron chi connectivity index (χ4n) is 1.55. The summed E-state index contributed by atoms with van der Waals surface area (Å²) in [7, 11) is 0. The van der Waals surface area contributed by atoms with Gasteiger partial charge < -0.3 is 9.84 Å². The lowest BCUT2D eigenvalue weighted by Gasteiger charge is -2.10. The van der Waals surface area contributed by atoms with E-state index in [9.17, 15) is 9.18 Å². The molecule has 0 atom stereocenters. The minimum absolute atomic E-state index is 0.0716. The van der Waals surface area contributed by atoms with Crippen LogP contribution in [0.3, 0.4) is 0 Å². The molecule has 6 heteroatoms. The molecule has 0 fully saturated rings. The Morgan fingerprint density at radius 2 is 2.00 bits per heavy atom. The normalized spacial score (nSPS) is 9.85. The number of nitrogens with zero attached hydrogens (tertiary/aromatic N) is 1. The molecule has 2 aromatic carbocycles. The first kappa shape index (κ1) is 13.8. The maximum Gasteiger partial charge on any atom is 0.339 e. The van der Waals surface area contributed by atoms with E-state index in [2.05, 4.69) is 0 Å². The van der Waals surface area contributed by atoms with Gasteiger partial charge in [0.2, 0.25) is 0 Å². The van der Waals surface area contributed by atoms with Crippen LogP contribution in [0, 0.1) is 17.1 Å². The van der Waals surface area contributed by atoms with Gasteiger partial charge in [0.05, 0.1) is 5.56 Å². The summed E-state index contributed by atoms with van der Waals surface area (Å²) in [5.74, 6) is -1.99. The Morgan fingerprint density at radius 1 is 1.25 bits per heavy atom. The predicted molar refractivity (Wildman–Crippen MR) is 69.6 cm³/mol. The smallest absolute Gasteiger partial charge is 0.339 e. The monoisotopic (exact) mass is 291 g/mol. The fourth-order valence-corrected chi connectivity index (χ4v) is 1.71. The highest BCUT2D eigenvalue weighted by molar-refractivity contribution is 6.30. The molecule has 0 radical (unpaired) electrons. The maximum atomic E-state index is 13.1. The van der Waals surface area contributed by atoms with Crippen molar-refractivity contribution in [2.45, 2.75) is 0 Å². The summed E-state index contributed by atoms with van der Waals surface area (Å²) >= 11 is 5.80. The minimum atomic E-state index is -1.33. The average Bonchev–Trinajstić information content (AvgIpc) is 2.41. The third-order valence-electron chi connectivity index (χ3n) is 2.46. The van der Waals surface area contributed by atoms with E-state index in [1.54, 1.807) is 0 Å². The molecule has 1 N–H and O–H groups in total. The van der Waals surface area contributed by atoms with Gasteiger partial charge in [-0.15, -0.1) is 0 Å². The Balaban J connectivity index is 2.48. The van der Waals surface area contributed by atoms with Crippen LogP contribution >= 0.6 is 11.6 Å². The van der Waals surface area contributed by atoms with Crippen LogP contribution in [0.4, 0.5) is 4.39 Å². The van der Waals surface area contributed by atoms with Crippen molar-refractivity contribution < 1.29 is 19.0 Å². The lowest BCUT2D eigenvalue weighted by atomic mass is 10.2. The number of aromatic carboxylic acids is 1. The molecular formula is C14H7ClFNO3. The molecule has 20 heavy (non-hydrogen) atoms. The summed E-state index contributed by atoms with van der Waals surface area (Å²) < 4.78 is 18.4. The second-order valence-corrected chi connectivity index (χ2v) is 4.24. The number of rotatable bonds is 3. The van der Waals surface area contributed by atoms with E-state index < -0.39 is 11.8 Å². The van der Waals surface area contributed by atoms with E-state index in [0.29, 0.717) is 5.02 Å². The number of benzene rings is 2. The van der Waals surface area contributed by atoms with Crippen LogP contribution in [-0.2, 0) is 0 Å². The molecule has 0 aromatic heterocycles. The number of carboxylic acids is 1. The van der Waals surface area contributed by atoms with Crippen molar-refractivity contribution in [3.8, 4) is 17.6 Å². The average molecular weight is 292 g/mol. The molecule has 2 rings (SSSR count).